The summed E-state index contributed by atoms with van der Waals surface area (Å²) >= 11 is 1.42. The molecule has 3 aromatic rings. The second-order valence-corrected chi connectivity index (χ2v) is 7.90. The number of nitrogens with zero attached hydrogens (tertiary/aromatic N) is 3. The fraction of sp³-hybridized carbons (Fsp3) is 0.318. The van der Waals surface area contributed by atoms with Crippen molar-refractivity contribution in [3.8, 4) is 5.75 Å². The maximum absolute atomic E-state index is 12.5. The zero-order valence-corrected chi connectivity index (χ0v) is 17.2. The summed E-state index contributed by atoms with van der Waals surface area (Å²) in [7, 11) is 0. The van der Waals surface area contributed by atoms with Gasteiger partial charge >= 0.3 is 0 Å². The summed E-state index contributed by atoms with van der Waals surface area (Å²) in [5.41, 5.74) is 1.88. The van der Waals surface area contributed by atoms with Crippen LogP contribution in [0.3, 0.4) is 0 Å². The van der Waals surface area contributed by atoms with Gasteiger partial charge in [-0.3, -0.25) is 4.79 Å². The van der Waals surface area contributed by atoms with Gasteiger partial charge in [-0.05, 0) is 37.5 Å². The van der Waals surface area contributed by atoms with E-state index in [4.69, 9.17) is 4.74 Å². The average Bonchev–Trinajstić information content (AvgIpc) is 3.51. The fourth-order valence-electron chi connectivity index (χ4n) is 3.13. The first-order valence-corrected chi connectivity index (χ1v) is 10.8. The van der Waals surface area contributed by atoms with Crippen molar-refractivity contribution >= 4 is 23.4 Å². The molecule has 1 aromatic heterocycles. The van der Waals surface area contributed by atoms with Crippen LogP contribution in [-0.2, 0) is 11.3 Å². The van der Waals surface area contributed by atoms with Gasteiger partial charge in [0.05, 0.1) is 24.6 Å². The van der Waals surface area contributed by atoms with E-state index in [2.05, 4.69) is 32.2 Å². The molecule has 1 amide bonds. The van der Waals surface area contributed by atoms with Gasteiger partial charge in [0, 0.05) is 5.92 Å². The molecule has 2 aromatic carbocycles. The molecule has 6 nitrogen and oxygen atoms in total. The van der Waals surface area contributed by atoms with Crippen LogP contribution in [0.15, 0.2) is 59.8 Å². The Labute approximate surface area is 174 Å². The molecule has 1 heterocycles. The highest BCUT2D eigenvalue weighted by molar-refractivity contribution is 7.99. The van der Waals surface area contributed by atoms with Gasteiger partial charge < -0.3 is 14.6 Å². The predicted octanol–water partition coefficient (Wildman–Crippen LogP) is 4.33. The largest absolute Gasteiger partial charge is 0.492 e. The minimum atomic E-state index is -0.0932. The van der Waals surface area contributed by atoms with E-state index in [0.717, 1.165) is 30.4 Å². The van der Waals surface area contributed by atoms with Crippen molar-refractivity contribution in [2.75, 3.05) is 17.7 Å². The van der Waals surface area contributed by atoms with E-state index in [9.17, 15) is 4.79 Å². The van der Waals surface area contributed by atoms with Crippen molar-refractivity contribution in [2.24, 2.45) is 0 Å². The maximum atomic E-state index is 12.5. The number of aromatic nitrogens is 3. The first-order valence-electron chi connectivity index (χ1n) is 9.86. The molecule has 1 saturated carbocycles. The molecular formula is C22H24N4O2S. The number of thioether (sulfide) groups is 1. The first kappa shape index (κ1) is 19.5. The van der Waals surface area contributed by atoms with E-state index >= 15 is 0 Å². The van der Waals surface area contributed by atoms with E-state index in [1.165, 1.54) is 17.3 Å². The Morgan fingerprint density at radius 3 is 2.66 bits per heavy atom. The smallest absolute Gasteiger partial charge is 0.234 e. The highest BCUT2D eigenvalue weighted by atomic mass is 32.2. The molecule has 1 aliphatic carbocycles. The van der Waals surface area contributed by atoms with Gasteiger partial charge in [-0.1, -0.05) is 54.2 Å². The SMILES string of the molecule is CCOc1ccccc1NC(=O)CSc1nnc(C2CC2)n1Cc1ccccc1. The highest BCUT2D eigenvalue weighted by Crippen LogP contribution is 2.40. The molecular weight excluding hydrogens is 384 g/mol. The molecule has 0 atom stereocenters. The number of hydrogen-bond donors (Lipinski definition) is 1. The van der Waals surface area contributed by atoms with Gasteiger partial charge in [0.25, 0.3) is 0 Å². The second-order valence-electron chi connectivity index (χ2n) is 6.95. The van der Waals surface area contributed by atoms with Crippen molar-refractivity contribution < 1.29 is 9.53 Å². The molecule has 0 saturated heterocycles. The van der Waals surface area contributed by atoms with Crippen molar-refractivity contribution in [2.45, 2.75) is 37.4 Å². The quantitative estimate of drug-likeness (QED) is 0.534. The van der Waals surface area contributed by atoms with Gasteiger partial charge in [-0.25, -0.2) is 0 Å². The summed E-state index contributed by atoms with van der Waals surface area (Å²) in [6.45, 7) is 3.19. The monoisotopic (exact) mass is 408 g/mol. The van der Waals surface area contributed by atoms with Gasteiger partial charge in [-0.2, -0.15) is 0 Å². The number of carbonyl (C=O) groups is 1. The number of hydrogen-bond acceptors (Lipinski definition) is 5. The average molecular weight is 409 g/mol. The molecule has 1 fully saturated rings. The normalized spacial score (nSPS) is 13.3. The van der Waals surface area contributed by atoms with Gasteiger partial charge in [0.15, 0.2) is 5.16 Å². The lowest BCUT2D eigenvalue weighted by atomic mass is 10.2. The summed E-state index contributed by atoms with van der Waals surface area (Å²) in [6.07, 6.45) is 2.32. The van der Waals surface area contributed by atoms with Gasteiger partial charge in [-0.15, -0.1) is 10.2 Å². The zero-order valence-electron chi connectivity index (χ0n) is 16.4. The van der Waals surface area contributed by atoms with Gasteiger partial charge in [0.1, 0.15) is 11.6 Å². The van der Waals surface area contributed by atoms with Crippen LogP contribution in [0, 0.1) is 0 Å². The summed E-state index contributed by atoms with van der Waals surface area (Å²) < 4.78 is 7.73. The van der Waals surface area contributed by atoms with Crippen molar-refractivity contribution in [1.29, 1.82) is 0 Å². The number of anilines is 1. The third kappa shape index (κ3) is 4.98. The third-order valence-electron chi connectivity index (χ3n) is 4.66. The lowest BCUT2D eigenvalue weighted by Crippen LogP contribution is -2.15. The molecule has 0 radical (unpaired) electrons. The van der Waals surface area contributed by atoms with E-state index in [1.54, 1.807) is 0 Å². The number of nitrogens with one attached hydrogen (secondary N) is 1. The zero-order chi connectivity index (χ0) is 20.1. The lowest BCUT2D eigenvalue weighted by molar-refractivity contribution is -0.113. The van der Waals surface area contributed by atoms with Crippen LogP contribution in [0.1, 0.15) is 37.1 Å². The van der Waals surface area contributed by atoms with Crippen molar-refractivity contribution in [3.05, 3.63) is 66.0 Å². The molecule has 0 unspecified atom stereocenters. The Morgan fingerprint density at radius 1 is 1.14 bits per heavy atom. The van der Waals surface area contributed by atoms with Crippen molar-refractivity contribution in [3.63, 3.8) is 0 Å². The predicted molar refractivity (Wildman–Crippen MR) is 115 cm³/mol. The third-order valence-corrected chi connectivity index (χ3v) is 5.63. The van der Waals surface area contributed by atoms with E-state index < -0.39 is 0 Å². The summed E-state index contributed by atoms with van der Waals surface area (Å²) in [5.74, 6) is 2.37. The van der Waals surface area contributed by atoms with Crippen LogP contribution < -0.4 is 10.1 Å². The van der Waals surface area contributed by atoms with Crippen LogP contribution >= 0.6 is 11.8 Å². The fourth-order valence-corrected chi connectivity index (χ4v) is 3.88. The Hall–Kier alpha value is -2.80. The first-order chi connectivity index (χ1) is 14.2. The molecule has 150 valence electrons. The van der Waals surface area contributed by atoms with E-state index in [-0.39, 0.29) is 11.7 Å². The van der Waals surface area contributed by atoms with Crippen LogP contribution in [0.2, 0.25) is 0 Å². The number of para-hydroxylation sites is 2. The highest BCUT2D eigenvalue weighted by Gasteiger charge is 2.30. The number of rotatable bonds is 9. The molecule has 0 aliphatic heterocycles. The van der Waals surface area contributed by atoms with Gasteiger partial charge in [0.2, 0.25) is 5.91 Å². The minimum absolute atomic E-state index is 0.0932. The molecule has 29 heavy (non-hydrogen) atoms. The molecule has 4 rings (SSSR count). The number of benzene rings is 2. The Morgan fingerprint density at radius 2 is 1.90 bits per heavy atom. The topological polar surface area (TPSA) is 69.0 Å². The van der Waals surface area contributed by atoms with E-state index in [0.29, 0.717) is 24.0 Å². The molecule has 0 spiro atoms. The second kappa shape index (κ2) is 9.13. The molecule has 7 heteroatoms. The Bertz CT molecular complexity index is 970. The molecule has 1 N–H and O–H groups in total. The van der Waals surface area contributed by atoms with Crippen molar-refractivity contribution in [1.82, 2.24) is 14.8 Å². The number of ether oxygens (including phenoxy) is 1. The summed E-state index contributed by atoms with van der Waals surface area (Å²) in [6, 6.07) is 17.7. The number of carbonyl (C=O) groups excluding carboxylic acids is 1. The standard InChI is InChI=1S/C22H24N4O2S/c1-2-28-19-11-7-6-10-18(19)23-20(27)15-29-22-25-24-21(17-12-13-17)26(22)14-16-8-4-3-5-9-16/h3-11,17H,2,12-15H2,1H3,(H,23,27). The van der Waals surface area contributed by atoms with Crippen LogP contribution in [0.25, 0.3) is 0 Å². The Balaban J connectivity index is 1.44. The van der Waals surface area contributed by atoms with Crippen LogP contribution in [-0.4, -0.2) is 33.0 Å². The lowest BCUT2D eigenvalue weighted by Gasteiger charge is -2.12. The maximum Gasteiger partial charge on any atom is 0.234 e. The minimum Gasteiger partial charge on any atom is -0.492 e. The molecule has 1 aliphatic rings. The van der Waals surface area contributed by atoms with Crippen LogP contribution in [0.5, 0.6) is 5.75 Å². The Kier molecular flexibility index (Phi) is 6.14. The summed E-state index contributed by atoms with van der Waals surface area (Å²) in [4.78, 5) is 12.5. The number of amides is 1. The van der Waals surface area contributed by atoms with Crippen LogP contribution in [0.4, 0.5) is 5.69 Å². The summed E-state index contributed by atoms with van der Waals surface area (Å²) in [5, 5.41) is 12.5. The molecule has 0 bridgehead atoms. The van der Waals surface area contributed by atoms with E-state index in [1.807, 2.05) is 49.4 Å².